The number of halogens is 1. The number of aromatic nitrogens is 2. The minimum absolute atomic E-state index is 0.463. The second-order valence-corrected chi connectivity index (χ2v) is 8.47. The lowest BCUT2D eigenvalue weighted by atomic mass is 9.94. The van der Waals surface area contributed by atoms with Crippen LogP contribution in [0.4, 0.5) is 0 Å². The Morgan fingerprint density at radius 1 is 0.667 bits per heavy atom. The molecule has 0 aliphatic heterocycles. The summed E-state index contributed by atoms with van der Waals surface area (Å²) in [6, 6.07) is 29.8. The molecule has 0 unspecified atom stereocenters. The summed E-state index contributed by atoms with van der Waals surface area (Å²) in [6.07, 6.45) is 6.28. The Hall–Kier alpha value is -2.84. The van der Waals surface area contributed by atoms with Crippen LogP contribution in [0.5, 0.6) is 0 Å². The highest BCUT2D eigenvalue weighted by Gasteiger charge is 2.27. The van der Waals surface area contributed by atoms with Crippen molar-refractivity contribution in [1.29, 1.82) is 0 Å². The van der Waals surface area contributed by atoms with Gasteiger partial charge in [0.2, 0.25) is 0 Å². The summed E-state index contributed by atoms with van der Waals surface area (Å²) < 4.78 is 2.51. The van der Waals surface area contributed by atoms with E-state index < -0.39 is 0 Å². The highest BCUT2D eigenvalue weighted by Crippen LogP contribution is 2.42. The summed E-state index contributed by atoms with van der Waals surface area (Å²) in [5.74, 6) is 1.04. The van der Waals surface area contributed by atoms with Crippen molar-refractivity contribution in [2.75, 3.05) is 0 Å². The van der Waals surface area contributed by atoms with E-state index in [1.165, 1.54) is 43.4 Å². The molecule has 150 valence electrons. The molecule has 0 N–H and O–H groups in total. The fourth-order valence-electron chi connectivity index (χ4n) is 4.60. The van der Waals surface area contributed by atoms with E-state index in [1.807, 2.05) is 12.1 Å². The maximum Gasteiger partial charge on any atom is 0.141 e. The summed E-state index contributed by atoms with van der Waals surface area (Å²) in [6.45, 7) is 0. The molecule has 1 aliphatic rings. The van der Waals surface area contributed by atoms with Gasteiger partial charge in [-0.3, -0.25) is 0 Å². The van der Waals surface area contributed by atoms with E-state index in [4.69, 9.17) is 16.6 Å². The largest absolute Gasteiger partial charge is 0.320 e. The normalized spacial score (nSPS) is 14.7. The third-order valence-corrected chi connectivity index (χ3v) is 6.30. The fraction of sp³-hybridized carbons (Fsp3) is 0.222. The Morgan fingerprint density at radius 3 is 1.90 bits per heavy atom. The quantitative estimate of drug-likeness (QED) is 0.331. The third-order valence-electron chi connectivity index (χ3n) is 6.05. The van der Waals surface area contributed by atoms with E-state index in [-0.39, 0.29) is 0 Å². The molecular formula is C27H25ClN2. The molecular weight excluding hydrogens is 388 g/mol. The van der Waals surface area contributed by atoms with E-state index in [9.17, 15) is 0 Å². The van der Waals surface area contributed by atoms with Crippen molar-refractivity contribution in [3.05, 3.63) is 90.0 Å². The SMILES string of the molecule is Clc1ccc(-c2nc(-c3ccccc3)c(-c3ccccc3)n2C2CCCCC2)cc1. The molecule has 1 aromatic heterocycles. The van der Waals surface area contributed by atoms with Crippen molar-refractivity contribution < 1.29 is 0 Å². The number of hydrogen-bond acceptors (Lipinski definition) is 1. The van der Waals surface area contributed by atoms with Gasteiger partial charge >= 0.3 is 0 Å². The Bertz CT molecular complexity index is 1110. The molecule has 0 atom stereocenters. The van der Waals surface area contributed by atoms with E-state index in [0.29, 0.717) is 6.04 Å². The number of rotatable bonds is 4. The van der Waals surface area contributed by atoms with Crippen LogP contribution in [0.2, 0.25) is 5.02 Å². The molecule has 5 rings (SSSR count). The first-order chi connectivity index (χ1) is 14.8. The summed E-state index contributed by atoms with van der Waals surface area (Å²) in [7, 11) is 0. The van der Waals surface area contributed by atoms with Crippen LogP contribution in [0.3, 0.4) is 0 Å². The van der Waals surface area contributed by atoms with Crippen LogP contribution < -0.4 is 0 Å². The average molecular weight is 413 g/mol. The summed E-state index contributed by atoms with van der Waals surface area (Å²) in [5, 5.41) is 0.751. The van der Waals surface area contributed by atoms with Crippen molar-refractivity contribution in [3.8, 4) is 33.9 Å². The molecule has 4 aromatic rings. The Balaban J connectivity index is 1.80. The van der Waals surface area contributed by atoms with Gasteiger partial charge in [0.05, 0.1) is 11.4 Å². The highest BCUT2D eigenvalue weighted by molar-refractivity contribution is 6.30. The summed E-state index contributed by atoms with van der Waals surface area (Å²) in [5.41, 5.74) is 5.76. The van der Waals surface area contributed by atoms with E-state index in [1.54, 1.807) is 0 Å². The van der Waals surface area contributed by atoms with Gasteiger partial charge in [-0.05, 0) is 37.1 Å². The molecule has 3 aromatic carbocycles. The summed E-state index contributed by atoms with van der Waals surface area (Å²) >= 11 is 6.19. The first-order valence-corrected chi connectivity index (χ1v) is 11.2. The Kier molecular flexibility index (Phi) is 5.42. The molecule has 1 heterocycles. The lowest BCUT2D eigenvalue weighted by molar-refractivity contribution is 0.358. The number of nitrogens with zero attached hydrogens (tertiary/aromatic N) is 2. The van der Waals surface area contributed by atoms with Crippen LogP contribution in [0, 0.1) is 0 Å². The van der Waals surface area contributed by atoms with Crippen LogP contribution in [0.25, 0.3) is 33.9 Å². The molecule has 0 bridgehead atoms. The van der Waals surface area contributed by atoms with Crippen LogP contribution in [0.15, 0.2) is 84.9 Å². The Labute approximate surface area is 183 Å². The molecule has 0 amide bonds. The van der Waals surface area contributed by atoms with Crippen molar-refractivity contribution in [2.24, 2.45) is 0 Å². The third kappa shape index (κ3) is 3.68. The van der Waals surface area contributed by atoms with Crippen molar-refractivity contribution in [2.45, 2.75) is 38.1 Å². The van der Waals surface area contributed by atoms with Gasteiger partial charge < -0.3 is 4.57 Å². The number of hydrogen-bond donors (Lipinski definition) is 0. The first kappa shape index (κ1) is 19.1. The van der Waals surface area contributed by atoms with Gasteiger partial charge in [-0.25, -0.2) is 4.98 Å². The van der Waals surface area contributed by atoms with Crippen LogP contribution in [-0.4, -0.2) is 9.55 Å². The topological polar surface area (TPSA) is 17.8 Å². The minimum Gasteiger partial charge on any atom is -0.320 e. The Morgan fingerprint density at radius 2 is 1.27 bits per heavy atom. The van der Waals surface area contributed by atoms with E-state index in [0.717, 1.165) is 27.7 Å². The second kappa shape index (κ2) is 8.49. The van der Waals surface area contributed by atoms with Gasteiger partial charge in [0.1, 0.15) is 5.82 Å². The number of benzene rings is 3. The highest BCUT2D eigenvalue weighted by atomic mass is 35.5. The molecule has 1 saturated carbocycles. The van der Waals surface area contributed by atoms with Crippen molar-refractivity contribution >= 4 is 11.6 Å². The zero-order valence-electron chi connectivity index (χ0n) is 17.0. The van der Waals surface area contributed by atoms with Gasteiger partial charge in [0.25, 0.3) is 0 Å². The van der Waals surface area contributed by atoms with Crippen LogP contribution >= 0.6 is 11.6 Å². The molecule has 0 spiro atoms. The minimum atomic E-state index is 0.463. The molecule has 1 aliphatic carbocycles. The first-order valence-electron chi connectivity index (χ1n) is 10.8. The predicted octanol–water partition coefficient (Wildman–Crippen LogP) is 8.04. The van der Waals surface area contributed by atoms with Gasteiger partial charge in [-0.1, -0.05) is 91.5 Å². The maximum atomic E-state index is 6.19. The molecule has 1 fully saturated rings. The predicted molar refractivity (Wildman–Crippen MR) is 126 cm³/mol. The smallest absolute Gasteiger partial charge is 0.141 e. The maximum absolute atomic E-state index is 6.19. The molecule has 0 saturated heterocycles. The fourth-order valence-corrected chi connectivity index (χ4v) is 4.73. The van der Waals surface area contributed by atoms with E-state index in [2.05, 4.69) is 77.4 Å². The lowest BCUT2D eigenvalue weighted by Crippen LogP contribution is -2.15. The summed E-state index contributed by atoms with van der Waals surface area (Å²) in [4.78, 5) is 5.25. The lowest BCUT2D eigenvalue weighted by Gasteiger charge is -2.27. The molecule has 0 radical (unpaired) electrons. The zero-order chi connectivity index (χ0) is 20.3. The van der Waals surface area contributed by atoms with E-state index >= 15 is 0 Å². The average Bonchev–Trinajstić information content (AvgIpc) is 3.22. The van der Waals surface area contributed by atoms with Gasteiger partial charge in [-0.15, -0.1) is 0 Å². The molecule has 30 heavy (non-hydrogen) atoms. The van der Waals surface area contributed by atoms with Gasteiger partial charge in [0, 0.05) is 27.8 Å². The van der Waals surface area contributed by atoms with Crippen molar-refractivity contribution in [1.82, 2.24) is 9.55 Å². The van der Waals surface area contributed by atoms with Crippen LogP contribution in [-0.2, 0) is 0 Å². The second-order valence-electron chi connectivity index (χ2n) is 8.03. The number of imidazole rings is 1. The monoisotopic (exact) mass is 412 g/mol. The van der Waals surface area contributed by atoms with Crippen LogP contribution in [0.1, 0.15) is 38.1 Å². The van der Waals surface area contributed by atoms with Gasteiger partial charge in [0.15, 0.2) is 0 Å². The standard InChI is InChI=1S/C27H25ClN2/c28-23-18-16-22(17-19-23)27-29-25(20-10-4-1-5-11-20)26(21-12-6-2-7-13-21)30(27)24-14-8-3-9-15-24/h1-2,4-7,10-13,16-19,24H,3,8-9,14-15H2. The van der Waals surface area contributed by atoms with Gasteiger partial charge in [-0.2, -0.15) is 0 Å². The molecule has 3 heteroatoms. The van der Waals surface area contributed by atoms with Crippen molar-refractivity contribution in [3.63, 3.8) is 0 Å². The molecule has 2 nitrogen and oxygen atoms in total. The zero-order valence-corrected chi connectivity index (χ0v) is 17.7.